The van der Waals surface area contributed by atoms with Crippen LogP contribution in [0.5, 0.6) is 0 Å². The van der Waals surface area contributed by atoms with Crippen LogP contribution in [-0.4, -0.2) is 0 Å². The van der Waals surface area contributed by atoms with E-state index in [1.165, 1.54) is 330 Å². The van der Waals surface area contributed by atoms with Crippen LogP contribution in [0.2, 0.25) is 0 Å². The second kappa shape index (κ2) is 37.3. The molecule has 0 aliphatic heterocycles. The Morgan fingerprint density at radius 1 is 0.506 bits per heavy atom. The summed E-state index contributed by atoms with van der Waals surface area (Å²) in [4.78, 5) is 0. The Balaban J connectivity index is 0.567. The molecule has 81 heavy (non-hydrogen) atoms. The molecule has 0 N–H and O–H groups in total. The number of unbranched alkanes of at least 4 members (excludes halogenated alkanes) is 38. The van der Waals surface area contributed by atoms with Crippen molar-refractivity contribution in [3.05, 3.63) is 87.5 Å². The SMILES string of the molecule is C=C1C2=C(C=C3c4cc5ccc(CCCCCCCCCCCCCCCCCCCCCCCCCCCCCCCCCCCCCCCCCC(C)CCC6C(C)CCC6C)c6c5c(c4CC13)CCC6)[C@@](C)(CC)C(=C)CC2. The van der Waals surface area contributed by atoms with E-state index >= 15 is 0 Å². The largest absolute Gasteiger partial charge is 0.0990 e. The van der Waals surface area contributed by atoms with E-state index < -0.39 is 0 Å². The molecule has 2 aromatic rings. The number of aryl methyl sites for hydroxylation is 3. The first-order chi connectivity index (χ1) is 39.7. The molecule has 0 radical (unpaired) electrons. The molecule has 0 spiro atoms. The standard InChI is InChI=1S/C81H132/c1-8-81(7)67(5)56-60-72-68(6)75-62-77-74-52-48-51-73-69(57-58-70(80(73)74)61-76(77)78(75)63-79(72)81)50-47-45-43-41-39-37-35-33-31-29-27-25-23-21-19-17-15-13-11-9-10-12-14-16-18-20-22-24-26-28-30-32-34-36-38-40-42-44-46-49-64(2)53-59-71-65(3)54-55-66(71)4/h57-58,61,63-66,71,75H,5-6,8-56,59-60,62H2,1-4,7H3/t64?,65?,66?,71?,75?,81-/m0/s1. The average Bonchev–Trinajstić information content (AvgIpc) is 4.24. The molecule has 0 amide bonds. The lowest BCUT2D eigenvalue weighted by atomic mass is 9.62. The van der Waals surface area contributed by atoms with Crippen molar-refractivity contribution in [2.45, 2.75) is 369 Å². The lowest BCUT2D eigenvalue weighted by Gasteiger charge is -2.42. The van der Waals surface area contributed by atoms with Crippen molar-refractivity contribution in [3.63, 3.8) is 0 Å². The molecular weight excluding hydrogens is 973 g/mol. The highest BCUT2D eigenvalue weighted by Crippen LogP contribution is 2.57. The van der Waals surface area contributed by atoms with Gasteiger partial charge in [-0.15, -0.1) is 0 Å². The molecule has 2 aromatic carbocycles. The molecule has 0 heteroatoms. The Labute approximate surface area is 504 Å². The van der Waals surface area contributed by atoms with Gasteiger partial charge in [0.15, 0.2) is 0 Å². The third-order valence-electron chi connectivity index (χ3n) is 23.0. The third kappa shape index (κ3) is 20.7. The fourth-order valence-corrected chi connectivity index (χ4v) is 17.1. The van der Waals surface area contributed by atoms with Gasteiger partial charge in [0.25, 0.3) is 0 Å². The number of hydrogen-bond donors (Lipinski definition) is 0. The lowest BCUT2D eigenvalue weighted by Crippen LogP contribution is -2.28. The maximum Gasteiger partial charge on any atom is 0.0133 e. The molecule has 0 saturated heterocycles. The van der Waals surface area contributed by atoms with Gasteiger partial charge in [-0.2, -0.15) is 0 Å². The summed E-state index contributed by atoms with van der Waals surface area (Å²) in [7, 11) is 0. The van der Waals surface area contributed by atoms with E-state index in [1.807, 2.05) is 0 Å². The number of benzene rings is 2. The molecule has 5 atom stereocenters. The Bertz CT molecular complexity index is 2180. The molecule has 4 unspecified atom stereocenters. The predicted molar refractivity (Wildman–Crippen MR) is 362 cm³/mol. The Hall–Kier alpha value is -2.34. The molecule has 0 aromatic heterocycles. The van der Waals surface area contributed by atoms with Gasteiger partial charge in [-0.05, 0) is 155 Å². The highest BCUT2D eigenvalue weighted by atomic mass is 14.5. The number of hydrogen-bond acceptors (Lipinski definition) is 0. The van der Waals surface area contributed by atoms with E-state index in [-0.39, 0.29) is 5.41 Å². The van der Waals surface area contributed by atoms with Crippen LogP contribution < -0.4 is 0 Å². The predicted octanol–water partition coefficient (Wildman–Crippen LogP) is 26.8. The van der Waals surface area contributed by atoms with Crippen LogP contribution in [0.3, 0.4) is 0 Å². The Morgan fingerprint density at radius 3 is 1.40 bits per heavy atom. The third-order valence-corrected chi connectivity index (χ3v) is 23.0. The van der Waals surface area contributed by atoms with E-state index in [4.69, 9.17) is 6.58 Å². The summed E-state index contributed by atoms with van der Waals surface area (Å²) in [5.74, 6) is 4.42. The van der Waals surface area contributed by atoms with Gasteiger partial charge in [0.2, 0.25) is 0 Å². The molecule has 0 nitrogen and oxygen atoms in total. The van der Waals surface area contributed by atoms with Gasteiger partial charge >= 0.3 is 0 Å². The van der Waals surface area contributed by atoms with Gasteiger partial charge in [-0.3, -0.25) is 0 Å². The molecule has 456 valence electrons. The van der Waals surface area contributed by atoms with Gasteiger partial charge in [0.05, 0.1) is 0 Å². The normalized spacial score (nSPS) is 21.8. The summed E-state index contributed by atoms with van der Waals surface area (Å²) < 4.78 is 0. The molecule has 0 heterocycles. The zero-order valence-corrected chi connectivity index (χ0v) is 54.9. The summed E-state index contributed by atoms with van der Waals surface area (Å²) in [6.07, 6.45) is 77.2. The van der Waals surface area contributed by atoms with Crippen molar-refractivity contribution in [1.29, 1.82) is 0 Å². The summed E-state index contributed by atoms with van der Waals surface area (Å²) in [6.45, 7) is 21.7. The molecular formula is C81H132. The zero-order valence-electron chi connectivity index (χ0n) is 54.9. The molecule has 1 fully saturated rings. The quantitative estimate of drug-likeness (QED) is 0.0458. The lowest BCUT2D eigenvalue weighted by molar-refractivity contribution is 0.289. The molecule has 0 bridgehead atoms. The van der Waals surface area contributed by atoms with Gasteiger partial charge in [-0.1, -0.05) is 341 Å². The van der Waals surface area contributed by atoms with Crippen LogP contribution in [0.1, 0.15) is 371 Å². The smallest absolute Gasteiger partial charge is 0.0133 e. The van der Waals surface area contributed by atoms with E-state index in [9.17, 15) is 0 Å². The van der Waals surface area contributed by atoms with Gasteiger partial charge in [0, 0.05) is 11.3 Å². The van der Waals surface area contributed by atoms with E-state index in [1.54, 1.807) is 44.3 Å². The maximum absolute atomic E-state index is 4.81. The maximum atomic E-state index is 4.81. The van der Waals surface area contributed by atoms with Crippen molar-refractivity contribution in [3.8, 4) is 0 Å². The van der Waals surface area contributed by atoms with Crippen molar-refractivity contribution >= 4 is 16.3 Å². The van der Waals surface area contributed by atoms with E-state index in [0.29, 0.717) is 5.92 Å². The Morgan fingerprint density at radius 2 is 0.938 bits per heavy atom. The molecule has 5 aliphatic carbocycles. The van der Waals surface area contributed by atoms with E-state index in [0.717, 1.165) is 49.4 Å². The second-order valence-corrected chi connectivity index (χ2v) is 29.3. The number of allylic oxidation sites excluding steroid dienone is 6. The fraction of sp³-hybridized carbons (Fsp3) is 0.778. The van der Waals surface area contributed by atoms with Crippen molar-refractivity contribution in [1.82, 2.24) is 0 Å². The summed E-state index contributed by atoms with van der Waals surface area (Å²) >= 11 is 0. The first-order valence-corrected chi connectivity index (χ1v) is 37.1. The molecule has 5 aliphatic rings. The minimum absolute atomic E-state index is 0.0760. The van der Waals surface area contributed by atoms with Gasteiger partial charge in [-0.25, -0.2) is 0 Å². The van der Waals surface area contributed by atoms with Crippen LogP contribution in [0.25, 0.3) is 16.3 Å². The summed E-state index contributed by atoms with van der Waals surface area (Å²) in [6, 6.07) is 7.60. The van der Waals surface area contributed by atoms with Crippen LogP contribution in [0, 0.1) is 35.0 Å². The van der Waals surface area contributed by atoms with Crippen molar-refractivity contribution in [2.24, 2.45) is 35.0 Å². The minimum Gasteiger partial charge on any atom is -0.0990 e. The van der Waals surface area contributed by atoms with Crippen molar-refractivity contribution < 1.29 is 0 Å². The van der Waals surface area contributed by atoms with E-state index in [2.05, 4.69) is 65.5 Å². The van der Waals surface area contributed by atoms with Crippen LogP contribution in [0.4, 0.5) is 0 Å². The highest BCUT2D eigenvalue weighted by Gasteiger charge is 2.43. The van der Waals surface area contributed by atoms with Crippen LogP contribution in [0.15, 0.2) is 59.7 Å². The summed E-state index contributed by atoms with van der Waals surface area (Å²) in [5, 5.41) is 3.14. The van der Waals surface area contributed by atoms with Gasteiger partial charge in [0.1, 0.15) is 0 Å². The number of rotatable bonds is 46. The first-order valence-electron chi connectivity index (χ1n) is 37.1. The first kappa shape index (κ1) is 66.2. The monoisotopic (exact) mass is 1110 g/mol. The minimum atomic E-state index is 0.0760. The van der Waals surface area contributed by atoms with Crippen LogP contribution in [-0.2, 0) is 25.7 Å². The van der Waals surface area contributed by atoms with Gasteiger partial charge < -0.3 is 0 Å². The van der Waals surface area contributed by atoms with Crippen LogP contribution >= 0.6 is 0 Å². The molecule has 7 rings (SSSR count). The average molecular weight is 1110 g/mol. The Kier molecular flexibility index (Phi) is 30.5. The second-order valence-electron chi connectivity index (χ2n) is 29.3. The fourth-order valence-electron chi connectivity index (χ4n) is 17.1. The zero-order chi connectivity index (χ0) is 56.9. The topological polar surface area (TPSA) is 0 Å². The summed E-state index contributed by atoms with van der Waals surface area (Å²) in [5.41, 5.74) is 15.8. The van der Waals surface area contributed by atoms with Crippen molar-refractivity contribution in [2.75, 3.05) is 0 Å². The highest BCUT2D eigenvalue weighted by molar-refractivity contribution is 5.97. The molecule has 1 saturated carbocycles. The number of fused-ring (bicyclic) bond motifs is 4.